The highest BCUT2D eigenvalue weighted by Gasteiger charge is 2.35. The second-order valence-corrected chi connectivity index (χ2v) is 5.30. The maximum Gasteiger partial charge on any atom is 0.0101 e. The highest BCUT2D eigenvalue weighted by atomic mass is 15.2. The van der Waals surface area contributed by atoms with Gasteiger partial charge in [0.05, 0.1) is 0 Å². The van der Waals surface area contributed by atoms with Crippen molar-refractivity contribution in [1.82, 2.24) is 4.90 Å². The van der Waals surface area contributed by atoms with Crippen molar-refractivity contribution >= 4 is 0 Å². The van der Waals surface area contributed by atoms with Crippen LogP contribution in [0.15, 0.2) is 0 Å². The Labute approximate surface area is 82.5 Å². The van der Waals surface area contributed by atoms with Crippen molar-refractivity contribution in [2.75, 3.05) is 0 Å². The van der Waals surface area contributed by atoms with Crippen LogP contribution in [0.5, 0.6) is 0 Å². The van der Waals surface area contributed by atoms with E-state index in [0.29, 0.717) is 0 Å². The molecule has 0 N–H and O–H groups in total. The van der Waals surface area contributed by atoms with Gasteiger partial charge in [-0.3, -0.25) is 4.90 Å². The molecule has 1 atom stereocenters. The summed E-state index contributed by atoms with van der Waals surface area (Å²) in [5.41, 5.74) is 0. The molecule has 0 aromatic carbocycles. The second kappa shape index (κ2) is 3.61. The predicted molar refractivity (Wildman–Crippen MR) is 56.8 cm³/mol. The molecule has 3 aliphatic rings. The maximum absolute atomic E-state index is 2.77. The van der Waals surface area contributed by atoms with E-state index in [2.05, 4.69) is 25.7 Å². The van der Waals surface area contributed by atoms with E-state index in [9.17, 15) is 0 Å². The van der Waals surface area contributed by atoms with Crippen molar-refractivity contribution in [2.24, 2.45) is 5.92 Å². The number of nitrogens with zero attached hydrogens (tertiary/aromatic N) is 1. The molecular formula is C12H23N. The minimum absolute atomic E-state index is 0.747. The highest BCUT2D eigenvalue weighted by molar-refractivity contribution is 4.90. The third-order valence-corrected chi connectivity index (χ3v) is 4.02. The summed E-state index contributed by atoms with van der Waals surface area (Å²) in [6.45, 7) is 7.14. The smallest absolute Gasteiger partial charge is 0.0101 e. The summed E-state index contributed by atoms with van der Waals surface area (Å²) in [7, 11) is 0. The Morgan fingerprint density at radius 3 is 2.23 bits per heavy atom. The van der Waals surface area contributed by atoms with Crippen molar-refractivity contribution in [3.8, 4) is 0 Å². The van der Waals surface area contributed by atoms with Gasteiger partial charge in [0.1, 0.15) is 0 Å². The molecule has 1 unspecified atom stereocenters. The summed E-state index contributed by atoms with van der Waals surface area (Å²) >= 11 is 0. The van der Waals surface area contributed by atoms with Crippen molar-refractivity contribution in [3.05, 3.63) is 0 Å². The first-order valence-electron chi connectivity index (χ1n) is 5.96. The molecular weight excluding hydrogens is 158 g/mol. The summed E-state index contributed by atoms with van der Waals surface area (Å²) in [6.07, 6.45) is 7.38. The van der Waals surface area contributed by atoms with Gasteiger partial charge in [-0.2, -0.15) is 0 Å². The molecule has 0 amide bonds. The molecule has 2 saturated heterocycles. The van der Waals surface area contributed by atoms with Crippen LogP contribution in [-0.4, -0.2) is 23.0 Å². The Hall–Kier alpha value is -0.0400. The first-order valence-corrected chi connectivity index (χ1v) is 5.96. The van der Waals surface area contributed by atoms with Crippen LogP contribution in [0.25, 0.3) is 0 Å². The molecule has 3 fully saturated rings. The zero-order valence-electron chi connectivity index (χ0n) is 9.29. The number of rotatable bonds is 1. The van der Waals surface area contributed by atoms with E-state index in [-0.39, 0.29) is 0 Å². The van der Waals surface area contributed by atoms with Gasteiger partial charge in [-0.15, -0.1) is 0 Å². The van der Waals surface area contributed by atoms with E-state index in [4.69, 9.17) is 0 Å². The molecule has 0 aromatic rings. The highest BCUT2D eigenvalue weighted by Crippen LogP contribution is 2.37. The molecule has 1 saturated carbocycles. The molecule has 0 radical (unpaired) electrons. The van der Waals surface area contributed by atoms with E-state index in [1.54, 1.807) is 0 Å². The first-order chi connectivity index (χ1) is 6.18. The topological polar surface area (TPSA) is 3.24 Å². The lowest BCUT2D eigenvalue weighted by molar-refractivity contribution is 0.106. The summed E-state index contributed by atoms with van der Waals surface area (Å²) in [4.78, 5) is 2.77. The molecule has 2 aliphatic heterocycles. The van der Waals surface area contributed by atoms with Gasteiger partial charge in [-0.1, -0.05) is 0 Å². The molecule has 0 aromatic heterocycles. The molecule has 2 bridgehead atoms. The fourth-order valence-corrected chi connectivity index (χ4v) is 3.57. The minimum Gasteiger partial charge on any atom is -0.295 e. The summed E-state index contributed by atoms with van der Waals surface area (Å²) < 4.78 is 0. The molecule has 1 nitrogen and oxygen atoms in total. The predicted octanol–water partition coefficient (Wildman–Crippen LogP) is 3.05. The number of fused-ring (bicyclic) bond motifs is 4. The van der Waals surface area contributed by atoms with Gasteiger partial charge in [0.15, 0.2) is 0 Å². The van der Waals surface area contributed by atoms with Gasteiger partial charge in [0.2, 0.25) is 0 Å². The Kier molecular flexibility index (Phi) is 2.64. The third-order valence-electron chi connectivity index (χ3n) is 4.02. The fraction of sp³-hybridized carbons (Fsp3) is 1.00. The van der Waals surface area contributed by atoms with Gasteiger partial charge in [-0.25, -0.2) is 0 Å². The van der Waals surface area contributed by atoms with E-state index in [1.165, 1.54) is 32.1 Å². The third kappa shape index (κ3) is 1.76. The van der Waals surface area contributed by atoms with E-state index in [1.807, 2.05) is 0 Å². The van der Waals surface area contributed by atoms with Crippen LogP contribution in [0.2, 0.25) is 0 Å². The van der Waals surface area contributed by atoms with Crippen LogP contribution in [-0.2, 0) is 0 Å². The average molecular weight is 181 g/mol. The second-order valence-electron chi connectivity index (χ2n) is 5.30. The zero-order chi connectivity index (χ0) is 9.42. The molecule has 13 heavy (non-hydrogen) atoms. The molecule has 2 heterocycles. The molecule has 3 rings (SSSR count). The van der Waals surface area contributed by atoms with Gasteiger partial charge in [-0.05, 0) is 58.8 Å². The Balaban J connectivity index is 2.14. The van der Waals surface area contributed by atoms with Gasteiger partial charge >= 0.3 is 0 Å². The van der Waals surface area contributed by atoms with Crippen molar-refractivity contribution in [3.63, 3.8) is 0 Å². The molecule has 1 heteroatoms. The number of hydrogen-bond donors (Lipinski definition) is 0. The largest absolute Gasteiger partial charge is 0.295 e. The van der Waals surface area contributed by atoms with Crippen LogP contribution in [0.3, 0.4) is 0 Å². The van der Waals surface area contributed by atoms with Crippen LogP contribution < -0.4 is 0 Å². The van der Waals surface area contributed by atoms with Crippen molar-refractivity contribution in [1.29, 1.82) is 0 Å². The van der Waals surface area contributed by atoms with Gasteiger partial charge in [0.25, 0.3) is 0 Å². The minimum atomic E-state index is 0.747. The average Bonchev–Trinajstić information content (AvgIpc) is 2.30. The van der Waals surface area contributed by atoms with Gasteiger partial charge < -0.3 is 0 Å². The normalized spacial score (nSPS) is 41.1. The zero-order valence-corrected chi connectivity index (χ0v) is 9.29. The van der Waals surface area contributed by atoms with Gasteiger partial charge in [0, 0.05) is 18.1 Å². The monoisotopic (exact) mass is 181 g/mol. The Morgan fingerprint density at radius 2 is 1.69 bits per heavy atom. The van der Waals surface area contributed by atoms with E-state index < -0.39 is 0 Å². The first kappa shape index (κ1) is 9.51. The van der Waals surface area contributed by atoms with E-state index >= 15 is 0 Å². The summed E-state index contributed by atoms with van der Waals surface area (Å²) in [5.74, 6) is 1.05. The Bertz CT molecular complexity index is 168. The van der Waals surface area contributed by atoms with Crippen LogP contribution >= 0.6 is 0 Å². The lowest BCUT2D eigenvalue weighted by Crippen LogP contribution is -2.44. The molecule has 76 valence electrons. The summed E-state index contributed by atoms with van der Waals surface area (Å²) in [6, 6.07) is 2.49. The van der Waals surface area contributed by atoms with E-state index in [0.717, 1.165) is 24.0 Å². The van der Waals surface area contributed by atoms with Crippen molar-refractivity contribution < 1.29 is 0 Å². The lowest BCUT2D eigenvalue weighted by atomic mass is 9.86. The molecule has 0 spiro atoms. The van der Waals surface area contributed by atoms with Crippen LogP contribution in [0.1, 0.15) is 52.9 Å². The summed E-state index contributed by atoms with van der Waals surface area (Å²) in [5, 5.41) is 0. The maximum atomic E-state index is 2.77. The fourth-order valence-electron chi connectivity index (χ4n) is 3.57. The number of hydrogen-bond acceptors (Lipinski definition) is 1. The van der Waals surface area contributed by atoms with Crippen LogP contribution in [0, 0.1) is 5.92 Å². The standard InChI is InChI=1S/C12H23N/c1-9(2)13-10(3)8-11-4-6-12(13)7-5-11/h9-12H,4-8H2,1-3H3. The van der Waals surface area contributed by atoms with Crippen LogP contribution in [0.4, 0.5) is 0 Å². The Morgan fingerprint density at radius 1 is 1.08 bits per heavy atom. The lowest BCUT2D eigenvalue weighted by Gasteiger charge is -2.37. The van der Waals surface area contributed by atoms with Crippen molar-refractivity contribution in [2.45, 2.75) is 71.0 Å². The quantitative estimate of drug-likeness (QED) is 0.601. The SMILES string of the molecule is CC(C)N1C(C)CC2CCC1CC2. The molecule has 1 aliphatic carbocycles.